The van der Waals surface area contributed by atoms with Crippen LogP contribution in [0.3, 0.4) is 0 Å². The average molecular weight is 440 g/mol. The van der Waals surface area contributed by atoms with E-state index in [9.17, 15) is 31.2 Å². The van der Waals surface area contributed by atoms with Gasteiger partial charge < -0.3 is 4.74 Å². The number of hydrogen-bond donors (Lipinski definition) is 0. The van der Waals surface area contributed by atoms with Gasteiger partial charge in [0.25, 0.3) is 0 Å². The van der Waals surface area contributed by atoms with E-state index in [1.54, 1.807) is 6.92 Å². The summed E-state index contributed by atoms with van der Waals surface area (Å²) in [5.41, 5.74) is -1.03. The predicted octanol–water partition coefficient (Wildman–Crippen LogP) is 2.58. The molecule has 11 heteroatoms. The summed E-state index contributed by atoms with van der Waals surface area (Å²) in [6.45, 7) is 2.85. The second-order valence-corrected chi connectivity index (χ2v) is 7.08. The Bertz CT molecular complexity index is 1190. The molecule has 0 spiro atoms. The lowest BCUT2D eigenvalue weighted by atomic mass is 9.92. The van der Waals surface area contributed by atoms with E-state index >= 15 is 0 Å². The number of nitrogens with zero attached hydrogens (tertiary/aromatic N) is 2. The third kappa shape index (κ3) is 3.56. The summed E-state index contributed by atoms with van der Waals surface area (Å²) in [5.74, 6) is -7.62. The van der Waals surface area contributed by atoms with Crippen molar-refractivity contribution in [3.05, 3.63) is 53.0 Å². The molecule has 1 aromatic carbocycles. The minimum atomic E-state index is -3.22. The Labute approximate surface area is 170 Å². The topological polar surface area (TPSA) is 93.6 Å². The number of fused-ring (bicyclic) bond motifs is 1. The Balaban J connectivity index is 2.42. The van der Waals surface area contributed by atoms with E-state index in [0.29, 0.717) is 11.0 Å². The van der Waals surface area contributed by atoms with Gasteiger partial charge in [-0.2, -0.15) is 8.42 Å². The maximum Gasteiger partial charge on any atom is 0.324 e. The van der Waals surface area contributed by atoms with E-state index in [0.717, 1.165) is 18.2 Å². The SMILES string of the molecule is CCOC(=O)C1C(=O)c2cc(F)c(CC)nc2N(c2ccc(F)cc2F)C1=S(=O)=O. The summed E-state index contributed by atoms with van der Waals surface area (Å²) in [7, 11) is -3.22. The molecule has 158 valence electrons. The lowest BCUT2D eigenvalue weighted by Crippen LogP contribution is -2.48. The van der Waals surface area contributed by atoms with Crippen molar-refractivity contribution < 1.29 is 35.9 Å². The van der Waals surface area contributed by atoms with Crippen LogP contribution in [0.4, 0.5) is 24.7 Å². The fraction of sp³-hybridized carbons (Fsp3) is 0.263. The van der Waals surface area contributed by atoms with Gasteiger partial charge in [0.1, 0.15) is 23.3 Å². The Morgan fingerprint density at radius 1 is 1.17 bits per heavy atom. The lowest BCUT2D eigenvalue weighted by molar-refractivity contribution is -0.144. The van der Waals surface area contributed by atoms with Gasteiger partial charge >= 0.3 is 5.97 Å². The summed E-state index contributed by atoms with van der Waals surface area (Å²) < 4.78 is 71.3. The highest BCUT2D eigenvalue weighted by Gasteiger charge is 2.46. The van der Waals surface area contributed by atoms with Gasteiger partial charge in [0.15, 0.2) is 16.7 Å². The molecule has 0 radical (unpaired) electrons. The van der Waals surface area contributed by atoms with E-state index in [1.807, 2.05) is 0 Å². The van der Waals surface area contributed by atoms with Gasteiger partial charge in [-0.3, -0.25) is 14.5 Å². The van der Waals surface area contributed by atoms with Crippen molar-refractivity contribution in [2.75, 3.05) is 11.5 Å². The van der Waals surface area contributed by atoms with E-state index in [-0.39, 0.29) is 24.5 Å². The number of ether oxygens (including phenoxy) is 1. The highest BCUT2D eigenvalue weighted by atomic mass is 32.2. The molecule has 0 N–H and O–H groups in total. The minimum absolute atomic E-state index is 0.0874. The molecule has 0 saturated carbocycles. The number of carbonyl (C=O) groups is 2. The van der Waals surface area contributed by atoms with Crippen LogP contribution < -0.4 is 4.90 Å². The van der Waals surface area contributed by atoms with Crippen LogP contribution >= 0.6 is 0 Å². The number of esters is 1. The van der Waals surface area contributed by atoms with Gasteiger partial charge in [-0.25, -0.2) is 18.2 Å². The van der Waals surface area contributed by atoms with Gasteiger partial charge in [0.05, 0.1) is 23.6 Å². The average Bonchev–Trinajstić information content (AvgIpc) is 2.68. The zero-order valence-electron chi connectivity index (χ0n) is 15.8. The first-order valence-corrected chi connectivity index (χ1v) is 9.90. The van der Waals surface area contributed by atoms with Crippen molar-refractivity contribution in [1.29, 1.82) is 0 Å². The molecule has 1 aliphatic rings. The highest BCUT2D eigenvalue weighted by Crippen LogP contribution is 2.38. The molecule has 2 heterocycles. The van der Waals surface area contributed by atoms with E-state index < -0.39 is 61.7 Å². The zero-order chi connectivity index (χ0) is 22.2. The van der Waals surface area contributed by atoms with Crippen LogP contribution in [0, 0.1) is 23.4 Å². The quantitative estimate of drug-likeness (QED) is 0.410. The van der Waals surface area contributed by atoms with Gasteiger partial charge in [-0.15, -0.1) is 0 Å². The first-order valence-electron chi connectivity index (χ1n) is 8.82. The van der Waals surface area contributed by atoms with Crippen LogP contribution in [0.15, 0.2) is 24.3 Å². The molecular formula is C19H15F3N2O5S. The Kier molecular flexibility index (Phi) is 5.92. The molecule has 1 aliphatic heterocycles. The van der Waals surface area contributed by atoms with Crippen LogP contribution in [0.5, 0.6) is 0 Å². The number of Topliss-reactive ketones (excluding diaryl/α,β-unsaturated/α-hetero) is 1. The van der Waals surface area contributed by atoms with Gasteiger partial charge in [0.2, 0.25) is 10.3 Å². The molecule has 30 heavy (non-hydrogen) atoms. The number of benzene rings is 1. The summed E-state index contributed by atoms with van der Waals surface area (Å²) in [5, 5.41) is 0. The van der Waals surface area contributed by atoms with Crippen molar-refractivity contribution in [2.45, 2.75) is 20.3 Å². The number of aryl methyl sites for hydroxylation is 1. The smallest absolute Gasteiger partial charge is 0.324 e. The van der Waals surface area contributed by atoms with Crippen molar-refractivity contribution in [2.24, 2.45) is 5.92 Å². The maximum absolute atomic E-state index is 14.6. The number of hydrogen-bond acceptors (Lipinski definition) is 6. The van der Waals surface area contributed by atoms with Gasteiger partial charge in [-0.05, 0) is 31.5 Å². The maximum atomic E-state index is 14.6. The number of anilines is 2. The molecule has 1 atom stereocenters. The highest BCUT2D eigenvalue weighted by molar-refractivity contribution is 7.73. The molecule has 0 saturated heterocycles. The number of carbonyl (C=O) groups excluding carboxylic acids is 2. The first-order chi connectivity index (χ1) is 14.2. The van der Waals surface area contributed by atoms with Crippen molar-refractivity contribution >= 4 is 38.5 Å². The normalized spacial score (nSPS) is 15.8. The van der Waals surface area contributed by atoms with Crippen LogP contribution in [0.25, 0.3) is 0 Å². The molecule has 2 aromatic rings. The number of ketones is 1. The summed E-state index contributed by atoms with van der Waals surface area (Å²) in [4.78, 5) is 29.2. The van der Waals surface area contributed by atoms with Gasteiger partial charge in [0, 0.05) is 6.07 Å². The van der Waals surface area contributed by atoms with E-state index in [1.165, 1.54) is 6.92 Å². The lowest BCUT2D eigenvalue weighted by Gasteiger charge is -2.33. The molecule has 0 aliphatic carbocycles. The minimum Gasteiger partial charge on any atom is -0.465 e. The van der Waals surface area contributed by atoms with Crippen LogP contribution in [-0.4, -0.2) is 36.7 Å². The summed E-state index contributed by atoms with van der Waals surface area (Å²) >= 11 is 0. The van der Waals surface area contributed by atoms with E-state index in [2.05, 4.69) is 4.98 Å². The van der Waals surface area contributed by atoms with Gasteiger partial charge in [-0.1, -0.05) is 6.92 Å². The standard InChI is InChI=1S/C19H15F3N2O5S/c1-3-13-11(21)8-10-16(25)15(19(26)29-4-2)18(30(27)28)24(17(10)23-13)14-6-5-9(20)7-12(14)22/h5-8,15H,3-4H2,1-2H3. The number of rotatable bonds is 4. The molecule has 0 bridgehead atoms. The third-order valence-electron chi connectivity index (χ3n) is 4.41. The largest absolute Gasteiger partial charge is 0.465 e. The Morgan fingerprint density at radius 3 is 2.43 bits per heavy atom. The van der Waals surface area contributed by atoms with Crippen LogP contribution in [0.2, 0.25) is 0 Å². The number of aromatic nitrogens is 1. The fourth-order valence-electron chi connectivity index (χ4n) is 3.12. The number of pyridine rings is 1. The summed E-state index contributed by atoms with van der Waals surface area (Å²) in [6, 6.07) is 3.11. The second kappa shape index (κ2) is 8.27. The van der Waals surface area contributed by atoms with Crippen molar-refractivity contribution in [3.8, 4) is 0 Å². The third-order valence-corrected chi connectivity index (χ3v) is 5.17. The fourth-order valence-corrected chi connectivity index (χ4v) is 3.85. The van der Waals surface area contributed by atoms with Crippen LogP contribution in [-0.2, 0) is 26.2 Å². The van der Waals surface area contributed by atoms with E-state index in [4.69, 9.17) is 4.74 Å². The van der Waals surface area contributed by atoms with Crippen LogP contribution in [0.1, 0.15) is 29.9 Å². The monoisotopic (exact) mass is 440 g/mol. The first kappa shape index (κ1) is 21.5. The second-order valence-electron chi connectivity index (χ2n) is 6.20. The van der Waals surface area contributed by atoms with Crippen molar-refractivity contribution in [3.63, 3.8) is 0 Å². The van der Waals surface area contributed by atoms with Crippen molar-refractivity contribution in [1.82, 2.24) is 4.98 Å². The Hall–Kier alpha value is -3.21. The Morgan fingerprint density at radius 2 is 1.87 bits per heavy atom. The molecule has 1 unspecified atom stereocenters. The molecule has 1 aromatic heterocycles. The molecule has 0 fully saturated rings. The summed E-state index contributed by atoms with van der Waals surface area (Å²) in [6.07, 6.45) is 0.0874. The molecular weight excluding hydrogens is 425 g/mol. The zero-order valence-corrected chi connectivity index (χ0v) is 16.6. The predicted molar refractivity (Wildman–Crippen MR) is 100 cm³/mol. The molecule has 0 amide bonds. The molecule has 3 rings (SSSR count). The number of halogens is 3. The molecule has 7 nitrogen and oxygen atoms in total.